The molecule has 1 unspecified atom stereocenters. The Kier molecular flexibility index (Phi) is 5.42. The highest BCUT2D eigenvalue weighted by molar-refractivity contribution is 7.99. The molecular weight excluding hydrogens is 431 g/mol. The lowest BCUT2D eigenvalue weighted by Crippen LogP contribution is -2.38. The van der Waals surface area contributed by atoms with Crippen molar-refractivity contribution in [1.82, 2.24) is 10.2 Å². The minimum Gasteiger partial charge on any atom is -0.384 e. The molecular formula is C18H17N5OS4. The Morgan fingerprint density at radius 2 is 2.36 bits per heavy atom. The van der Waals surface area contributed by atoms with E-state index in [0.717, 1.165) is 27.6 Å². The maximum Gasteiger partial charge on any atom is 0.216 e. The number of hydrogen-bond acceptors (Lipinski definition) is 9. The molecule has 3 heterocycles. The van der Waals surface area contributed by atoms with Crippen molar-refractivity contribution in [3.8, 4) is 6.07 Å². The van der Waals surface area contributed by atoms with E-state index in [1.54, 1.807) is 28.0 Å². The highest BCUT2D eigenvalue weighted by Crippen LogP contribution is 2.49. The number of hydrogen-bond donors (Lipinski definition) is 2. The molecule has 0 radical (unpaired) electrons. The van der Waals surface area contributed by atoms with Gasteiger partial charge in [0.15, 0.2) is 9.74 Å². The van der Waals surface area contributed by atoms with Crippen molar-refractivity contribution in [3.63, 3.8) is 0 Å². The summed E-state index contributed by atoms with van der Waals surface area (Å²) in [5.74, 6) is 0.918. The highest BCUT2D eigenvalue weighted by atomic mass is 32.2. The summed E-state index contributed by atoms with van der Waals surface area (Å²) < 4.78 is 0.521. The van der Waals surface area contributed by atoms with Crippen molar-refractivity contribution in [2.75, 3.05) is 10.7 Å². The van der Waals surface area contributed by atoms with Crippen LogP contribution in [-0.2, 0) is 4.79 Å². The van der Waals surface area contributed by atoms with Crippen LogP contribution in [-0.4, -0.2) is 21.7 Å². The second-order valence-corrected chi connectivity index (χ2v) is 10.2. The number of nitrogens with zero attached hydrogens (tertiary/aromatic N) is 3. The zero-order valence-electron chi connectivity index (χ0n) is 15.0. The Hall–Kier alpha value is -1.93. The minimum atomic E-state index is -0.412. The summed E-state index contributed by atoms with van der Waals surface area (Å²) in [7, 11) is 0. The number of rotatable bonds is 4. The molecule has 28 heavy (non-hydrogen) atoms. The minimum absolute atomic E-state index is 0.0801. The number of thiophene rings is 1. The van der Waals surface area contributed by atoms with Crippen LogP contribution in [0.15, 0.2) is 39.0 Å². The van der Waals surface area contributed by atoms with Crippen molar-refractivity contribution in [2.24, 2.45) is 5.73 Å². The van der Waals surface area contributed by atoms with Crippen molar-refractivity contribution in [1.29, 1.82) is 5.26 Å². The molecule has 4 rings (SSSR count). The molecule has 1 aliphatic heterocycles. The number of ketones is 1. The van der Waals surface area contributed by atoms with Crippen LogP contribution in [0.5, 0.6) is 0 Å². The molecule has 0 saturated heterocycles. The van der Waals surface area contributed by atoms with Crippen LogP contribution in [0.3, 0.4) is 0 Å². The number of aromatic amines is 1. The van der Waals surface area contributed by atoms with Gasteiger partial charge in [0.2, 0.25) is 5.13 Å². The Balaban J connectivity index is 1.96. The lowest BCUT2D eigenvalue weighted by atomic mass is 9.78. The van der Waals surface area contributed by atoms with Gasteiger partial charge in [0.05, 0.1) is 17.6 Å². The van der Waals surface area contributed by atoms with E-state index in [-0.39, 0.29) is 5.78 Å². The van der Waals surface area contributed by atoms with Gasteiger partial charge in [-0.2, -0.15) is 5.26 Å². The number of carbonyl (C=O) groups excluding carboxylic acids is 1. The predicted molar refractivity (Wildman–Crippen MR) is 116 cm³/mol. The molecule has 3 N–H and O–H groups in total. The van der Waals surface area contributed by atoms with Gasteiger partial charge in [0.1, 0.15) is 5.82 Å². The van der Waals surface area contributed by atoms with Gasteiger partial charge in [0, 0.05) is 27.5 Å². The van der Waals surface area contributed by atoms with Crippen molar-refractivity contribution < 1.29 is 4.79 Å². The van der Waals surface area contributed by atoms with Crippen molar-refractivity contribution in [3.05, 3.63) is 42.9 Å². The number of nitriles is 1. The number of nitrogens with two attached hydrogens (primary N) is 1. The average Bonchev–Trinajstić information content (AvgIpc) is 3.30. The number of carbonyl (C=O) groups is 1. The molecule has 2 aliphatic rings. The van der Waals surface area contributed by atoms with E-state index in [2.05, 4.69) is 29.3 Å². The largest absolute Gasteiger partial charge is 0.384 e. The zero-order chi connectivity index (χ0) is 19.8. The molecule has 6 nitrogen and oxygen atoms in total. The van der Waals surface area contributed by atoms with Crippen molar-refractivity contribution >= 4 is 57.6 Å². The first-order chi connectivity index (χ1) is 13.6. The first kappa shape index (κ1) is 19.4. The molecule has 0 spiro atoms. The molecule has 0 amide bonds. The Morgan fingerprint density at radius 3 is 3.04 bits per heavy atom. The summed E-state index contributed by atoms with van der Waals surface area (Å²) in [5.41, 5.74) is 8.42. The number of Topliss-reactive ketones (excluding diaryl/α,β-unsaturated/α-hetero) is 1. The summed E-state index contributed by atoms with van der Waals surface area (Å²) in [6.07, 6.45) is 1.96. The zero-order valence-corrected chi connectivity index (χ0v) is 18.3. The van der Waals surface area contributed by atoms with Gasteiger partial charge in [-0.05, 0) is 42.3 Å². The van der Waals surface area contributed by atoms with E-state index < -0.39 is 5.92 Å². The normalized spacial score (nSPS) is 19.8. The summed E-state index contributed by atoms with van der Waals surface area (Å²) in [5, 5.41) is 19.6. The van der Waals surface area contributed by atoms with Gasteiger partial charge in [-0.25, -0.2) is 0 Å². The Morgan fingerprint density at radius 1 is 1.54 bits per heavy atom. The van der Waals surface area contributed by atoms with E-state index in [1.807, 2.05) is 5.38 Å². The second-order valence-electron chi connectivity index (χ2n) is 6.29. The van der Waals surface area contributed by atoms with E-state index in [9.17, 15) is 10.1 Å². The summed E-state index contributed by atoms with van der Waals surface area (Å²) in [4.78, 5) is 16.9. The smallest absolute Gasteiger partial charge is 0.216 e. The van der Waals surface area contributed by atoms with E-state index in [4.69, 9.17) is 18.0 Å². The predicted octanol–water partition coefficient (Wildman–Crippen LogP) is 4.68. The second kappa shape index (κ2) is 7.83. The number of anilines is 1. The van der Waals surface area contributed by atoms with Gasteiger partial charge in [-0.3, -0.25) is 14.8 Å². The number of nitrogens with one attached hydrogen (secondary N) is 1. The number of aromatic nitrogens is 2. The summed E-state index contributed by atoms with van der Waals surface area (Å²) in [6, 6.07) is 4.34. The first-order valence-corrected chi connectivity index (χ1v) is 11.9. The van der Waals surface area contributed by atoms with Crippen LogP contribution in [0.2, 0.25) is 0 Å². The Labute approximate surface area is 179 Å². The molecule has 1 atom stereocenters. The maximum atomic E-state index is 13.0. The first-order valence-electron chi connectivity index (χ1n) is 8.78. The molecule has 10 heteroatoms. The molecule has 2 aromatic rings. The lowest BCUT2D eigenvalue weighted by molar-refractivity contribution is -0.116. The van der Waals surface area contributed by atoms with Gasteiger partial charge < -0.3 is 5.73 Å². The molecule has 0 aromatic carbocycles. The maximum absolute atomic E-state index is 13.0. The fourth-order valence-electron chi connectivity index (χ4n) is 3.68. The van der Waals surface area contributed by atoms with Gasteiger partial charge in [-0.15, -0.1) is 28.2 Å². The average molecular weight is 448 g/mol. The third-order valence-electron chi connectivity index (χ3n) is 4.75. The van der Waals surface area contributed by atoms with Crippen LogP contribution in [0.4, 0.5) is 5.13 Å². The quantitative estimate of drug-likeness (QED) is 0.518. The van der Waals surface area contributed by atoms with E-state index in [1.165, 1.54) is 11.3 Å². The summed E-state index contributed by atoms with van der Waals surface area (Å²) in [6.45, 7) is 2.09. The summed E-state index contributed by atoms with van der Waals surface area (Å²) >= 11 is 9.74. The Bertz CT molecular complexity index is 1100. The third kappa shape index (κ3) is 3.12. The standard InChI is InChI=1S/C18H17N5OS4/c1-2-26-12-6-7-27-15(12)13-9(8-19)16(20)23(17-21-22-18(25)28-17)10-4-3-5-11(24)14(10)13/h6-7,13H,2-5,20H2,1H3,(H,22,25). The molecule has 0 fully saturated rings. The van der Waals surface area contributed by atoms with E-state index in [0.29, 0.717) is 38.9 Å². The number of H-pyrrole nitrogens is 1. The van der Waals surface area contributed by atoms with Crippen LogP contribution in [0, 0.1) is 15.3 Å². The fourth-order valence-corrected chi connectivity index (χ4v) is 6.65. The van der Waals surface area contributed by atoms with Crippen LogP contribution < -0.4 is 10.6 Å². The highest BCUT2D eigenvalue weighted by Gasteiger charge is 2.42. The lowest BCUT2D eigenvalue weighted by Gasteiger charge is -2.37. The van der Waals surface area contributed by atoms with Gasteiger partial charge in [0.25, 0.3) is 0 Å². The van der Waals surface area contributed by atoms with Crippen LogP contribution in [0.1, 0.15) is 37.0 Å². The third-order valence-corrected chi connectivity index (χ3v) is 7.89. The van der Waals surface area contributed by atoms with Gasteiger partial charge >= 0.3 is 0 Å². The molecule has 1 aliphatic carbocycles. The van der Waals surface area contributed by atoms with Gasteiger partial charge in [-0.1, -0.05) is 18.3 Å². The number of allylic oxidation sites excluding steroid dienone is 3. The van der Waals surface area contributed by atoms with Crippen LogP contribution in [0.25, 0.3) is 0 Å². The van der Waals surface area contributed by atoms with Crippen LogP contribution >= 0.6 is 46.7 Å². The van der Waals surface area contributed by atoms with E-state index >= 15 is 0 Å². The monoisotopic (exact) mass is 447 g/mol. The number of thioether (sulfide) groups is 1. The molecule has 0 bridgehead atoms. The molecule has 2 aromatic heterocycles. The molecule has 0 saturated carbocycles. The van der Waals surface area contributed by atoms with Crippen molar-refractivity contribution in [2.45, 2.75) is 37.0 Å². The topological polar surface area (TPSA) is 98.8 Å². The fraction of sp³-hybridized carbons (Fsp3) is 0.333. The molecule has 144 valence electrons. The SMILES string of the molecule is CCSc1ccsc1C1C(C#N)=C(N)N(c2n[nH]c(=S)s2)C2=C1C(=O)CCC2.